The van der Waals surface area contributed by atoms with Crippen LogP contribution in [0, 0.1) is 0 Å². The highest BCUT2D eigenvalue weighted by Gasteiger charge is 2.15. The highest BCUT2D eigenvalue weighted by Crippen LogP contribution is 2.39. The predicted octanol–water partition coefficient (Wildman–Crippen LogP) is 2.95. The minimum absolute atomic E-state index is 0.0438. The lowest BCUT2D eigenvalue weighted by Crippen LogP contribution is -2.34. The summed E-state index contributed by atoms with van der Waals surface area (Å²) in [5.41, 5.74) is 0.488. The quantitative estimate of drug-likeness (QED) is 0.461. The molecule has 5 nitrogen and oxygen atoms in total. The summed E-state index contributed by atoms with van der Waals surface area (Å²) in [7, 11) is 3.93. The second-order valence-corrected chi connectivity index (χ2v) is 8.51. The first-order valence-corrected chi connectivity index (χ1v) is 10.7. The second-order valence-electron chi connectivity index (χ2n) is 5.73. The van der Waals surface area contributed by atoms with Gasteiger partial charge in [-0.2, -0.15) is 0 Å². The number of unbranched alkanes of at least 4 members (excludes halogenated alkanes) is 1. The van der Waals surface area contributed by atoms with Crippen LogP contribution < -0.4 is 10.6 Å². The van der Waals surface area contributed by atoms with Crippen LogP contribution in [0.15, 0.2) is 24.3 Å². The van der Waals surface area contributed by atoms with E-state index < -0.39 is 0 Å². The van der Waals surface area contributed by atoms with Crippen molar-refractivity contribution in [1.29, 1.82) is 0 Å². The molecular weight excluding hydrogens is 344 g/mol. The number of hydrogen-bond acceptors (Lipinski definition) is 5. The van der Waals surface area contributed by atoms with Crippen LogP contribution in [0.1, 0.15) is 42.5 Å². The van der Waals surface area contributed by atoms with Crippen LogP contribution in [0.2, 0.25) is 0 Å². The molecule has 1 fully saturated rings. The van der Waals surface area contributed by atoms with Crippen LogP contribution in [-0.4, -0.2) is 41.0 Å². The van der Waals surface area contributed by atoms with Gasteiger partial charge in [0.05, 0.1) is 0 Å². The van der Waals surface area contributed by atoms with Crippen molar-refractivity contribution in [1.82, 2.24) is 10.6 Å². The van der Waals surface area contributed by atoms with Crippen LogP contribution in [0.4, 0.5) is 0 Å². The van der Waals surface area contributed by atoms with Crippen molar-refractivity contribution in [2.45, 2.75) is 37.4 Å². The number of benzene rings is 1. The van der Waals surface area contributed by atoms with E-state index in [0.29, 0.717) is 25.1 Å². The molecule has 0 radical (unpaired) electrons. The van der Waals surface area contributed by atoms with Crippen molar-refractivity contribution in [3.63, 3.8) is 0 Å². The molecule has 1 heterocycles. The van der Waals surface area contributed by atoms with Crippen LogP contribution >= 0.6 is 21.6 Å². The summed E-state index contributed by atoms with van der Waals surface area (Å²) in [5, 5.41) is 15.5. The number of phenolic OH excluding ortho intramolecular Hbond substituents is 1. The third-order valence-electron chi connectivity index (χ3n) is 3.77. The molecule has 0 bridgehead atoms. The number of amides is 2. The molecule has 1 aliphatic rings. The summed E-state index contributed by atoms with van der Waals surface area (Å²) >= 11 is 0. The fourth-order valence-electron chi connectivity index (χ4n) is 2.40. The Kier molecular flexibility index (Phi) is 8.32. The van der Waals surface area contributed by atoms with Crippen LogP contribution in [0.3, 0.4) is 0 Å². The van der Waals surface area contributed by atoms with E-state index in [4.69, 9.17) is 0 Å². The Hall–Kier alpha value is -1.34. The van der Waals surface area contributed by atoms with E-state index in [-0.39, 0.29) is 17.6 Å². The van der Waals surface area contributed by atoms with Gasteiger partial charge in [0.1, 0.15) is 5.75 Å². The van der Waals surface area contributed by atoms with Crippen molar-refractivity contribution >= 4 is 33.4 Å². The van der Waals surface area contributed by atoms with E-state index in [2.05, 4.69) is 10.6 Å². The van der Waals surface area contributed by atoms with Gasteiger partial charge in [-0.05, 0) is 43.5 Å². The zero-order chi connectivity index (χ0) is 17.2. The van der Waals surface area contributed by atoms with Gasteiger partial charge in [0, 0.05) is 36.1 Å². The highest BCUT2D eigenvalue weighted by atomic mass is 33.1. The molecule has 1 aromatic rings. The molecule has 1 aromatic carbocycles. The van der Waals surface area contributed by atoms with Gasteiger partial charge < -0.3 is 15.7 Å². The highest BCUT2D eigenvalue weighted by molar-refractivity contribution is 8.77. The van der Waals surface area contributed by atoms with Gasteiger partial charge >= 0.3 is 0 Å². The SMILES string of the molecule is O=C(CCCCC1CCSS1)NCCNC(=O)c1ccc(O)cc1. The van der Waals surface area contributed by atoms with Crippen molar-refractivity contribution in [2.24, 2.45) is 0 Å². The molecule has 1 saturated heterocycles. The fraction of sp³-hybridized carbons (Fsp3) is 0.529. The molecule has 2 amide bonds. The Balaban J connectivity index is 1.49. The maximum Gasteiger partial charge on any atom is 0.251 e. The van der Waals surface area contributed by atoms with Gasteiger partial charge in [-0.1, -0.05) is 28.0 Å². The lowest BCUT2D eigenvalue weighted by atomic mass is 10.1. The third kappa shape index (κ3) is 7.05. The molecule has 7 heteroatoms. The minimum Gasteiger partial charge on any atom is -0.508 e. The maximum atomic E-state index is 11.8. The molecule has 2 rings (SSSR count). The van der Waals surface area contributed by atoms with Gasteiger partial charge in [0.2, 0.25) is 5.91 Å². The monoisotopic (exact) mass is 368 g/mol. The Morgan fingerprint density at radius 2 is 1.88 bits per heavy atom. The molecule has 1 atom stereocenters. The molecule has 132 valence electrons. The van der Waals surface area contributed by atoms with Gasteiger partial charge in [-0.3, -0.25) is 9.59 Å². The lowest BCUT2D eigenvalue weighted by Gasteiger charge is -2.08. The Labute approximate surface area is 150 Å². The van der Waals surface area contributed by atoms with Crippen LogP contribution in [0.25, 0.3) is 0 Å². The lowest BCUT2D eigenvalue weighted by molar-refractivity contribution is -0.121. The molecule has 0 spiro atoms. The number of aromatic hydroxyl groups is 1. The summed E-state index contributed by atoms with van der Waals surface area (Å²) < 4.78 is 0. The standard InChI is InChI=1S/C17H24N2O3S2/c20-14-7-5-13(6-8-14)17(22)19-11-10-18-16(21)4-2-1-3-15-9-12-23-24-15/h5-8,15,20H,1-4,9-12H2,(H,18,21)(H,19,22). The first-order chi connectivity index (χ1) is 11.6. The summed E-state index contributed by atoms with van der Waals surface area (Å²) in [5.74, 6) is 1.22. The largest absolute Gasteiger partial charge is 0.508 e. The minimum atomic E-state index is -0.212. The van der Waals surface area contributed by atoms with Gasteiger partial charge in [0.15, 0.2) is 0 Å². The average Bonchev–Trinajstić information content (AvgIpc) is 3.09. The Morgan fingerprint density at radius 1 is 1.12 bits per heavy atom. The van der Waals surface area contributed by atoms with Crippen LogP contribution in [-0.2, 0) is 4.79 Å². The third-order valence-corrected chi connectivity index (χ3v) is 6.78. The number of rotatable bonds is 9. The summed E-state index contributed by atoms with van der Waals surface area (Å²) in [6.07, 6.45) is 5.07. The molecule has 0 saturated carbocycles. The van der Waals surface area contributed by atoms with Crippen molar-refractivity contribution < 1.29 is 14.7 Å². The van der Waals surface area contributed by atoms with E-state index >= 15 is 0 Å². The van der Waals surface area contributed by atoms with E-state index in [1.54, 1.807) is 12.1 Å². The topological polar surface area (TPSA) is 78.4 Å². The van der Waals surface area contributed by atoms with Crippen LogP contribution in [0.5, 0.6) is 5.75 Å². The molecule has 1 aliphatic heterocycles. The van der Waals surface area contributed by atoms with Gasteiger partial charge in [-0.15, -0.1) is 0 Å². The molecular formula is C17H24N2O3S2. The zero-order valence-electron chi connectivity index (χ0n) is 13.6. The smallest absolute Gasteiger partial charge is 0.251 e. The van der Waals surface area contributed by atoms with Crippen molar-refractivity contribution in [3.8, 4) is 5.75 Å². The normalized spacial score (nSPS) is 16.8. The molecule has 0 aliphatic carbocycles. The first kappa shape index (κ1) is 19.0. The molecule has 0 aromatic heterocycles. The summed E-state index contributed by atoms with van der Waals surface area (Å²) in [6.45, 7) is 0.819. The zero-order valence-corrected chi connectivity index (χ0v) is 15.3. The van der Waals surface area contributed by atoms with Gasteiger partial charge in [0.25, 0.3) is 5.91 Å². The number of carbonyl (C=O) groups is 2. The van der Waals surface area contributed by atoms with E-state index in [0.717, 1.165) is 18.1 Å². The Bertz CT molecular complexity index is 531. The van der Waals surface area contributed by atoms with Crippen molar-refractivity contribution in [2.75, 3.05) is 18.8 Å². The number of hydrogen-bond donors (Lipinski definition) is 3. The molecule has 1 unspecified atom stereocenters. The molecule has 24 heavy (non-hydrogen) atoms. The van der Waals surface area contributed by atoms with Gasteiger partial charge in [-0.25, -0.2) is 0 Å². The molecule has 3 N–H and O–H groups in total. The predicted molar refractivity (Wildman–Crippen MR) is 100 cm³/mol. The van der Waals surface area contributed by atoms with E-state index in [1.807, 2.05) is 21.6 Å². The number of nitrogens with one attached hydrogen (secondary N) is 2. The summed E-state index contributed by atoms with van der Waals surface area (Å²) in [6, 6.07) is 6.06. The maximum absolute atomic E-state index is 11.8. The van der Waals surface area contributed by atoms with E-state index in [9.17, 15) is 14.7 Å². The summed E-state index contributed by atoms with van der Waals surface area (Å²) in [4.78, 5) is 23.6. The first-order valence-electron chi connectivity index (χ1n) is 8.27. The van der Waals surface area contributed by atoms with E-state index in [1.165, 1.54) is 30.7 Å². The number of phenols is 1. The fourth-order valence-corrected chi connectivity index (χ4v) is 5.43. The Morgan fingerprint density at radius 3 is 2.58 bits per heavy atom. The number of carbonyl (C=O) groups excluding carboxylic acids is 2. The van der Waals surface area contributed by atoms with Crippen molar-refractivity contribution in [3.05, 3.63) is 29.8 Å². The second kappa shape index (κ2) is 10.5. The average molecular weight is 369 g/mol.